The molecule has 0 amide bonds. The third-order valence-corrected chi connectivity index (χ3v) is 4.55. The largest absolute Gasteiger partial charge is 0.394 e. The van der Waals surface area contributed by atoms with Crippen LogP contribution < -0.4 is 5.32 Å². The molecule has 4 heteroatoms. The molecule has 2 N–H and O–H groups in total. The van der Waals surface area contributed by atoms with E-state index in [4.69, 9.17) is 0 Å². The minimum atomic E-state index is -0.225. The van der Waals surface area contributed by atoms with E-state index in [1.165, 1.54) is 18.6 Å². The normalized spacial score (nSPS) is 18.8. The number of benzene rings is 1. The molecule has 0 radical (unpaired) electrons. The van der Waals surface area contributed by atoms with Crippen LogP contribution in [0.2, 0.25) is 0 Å². The summed E-state index contributed by atoms with van der Waals surface area (Å²) in [6.07, 6.45) is 5.54. The first-order valence-corrected chi connectivity index (χ1v) is 7.24. The molecule has 1 aromatic rings. The molecule has 2 nitrogen and oxygen atoms in total. The quantitative estimate of drug-likeness (QED) is 0.892. The number of hydrogen-bond acceptors (Lipinski definition) is 2. The van der Waals surface area contributed by atoms with Gasteiger partial charge in [-0.1, -0.05) is 35.2 Å². The smallest absolute Gasteiger partial charge is 0.123 e. The molecular weight excluding hydrogens is 297 g/mol. The molecular formula is C14H19BrFNO. The van der Waals surface area contributed by atoms with Crippen molar-refractivity contribution in [3.8, 4) is 0 Å². The summed E-state index contributed by atoms with van der Waals surface area (Å²) in [5, 5.41) is 13.0. The van der Waals surface area contributed by atoms with Gasteiger partial charge in [0.1, 0.15) is 5.82 Å². The second-order valence-corrected chi connectivity index (χ2v) is 5.94. The molecule has 1 aromatic carbocycles. The standard InChI is InChI=1S/C14H19BrFNO/c15-13-5-4-12(16)8-11(13)9-17-14(10-18)6-2-1-3-7-14/h4-5,8,17-18H,1-3,6-7,9-10H2. The van der Waals surface area contributed by atoms with E-state index < -0.39 is 0 Å². The number of halogens is 2. The summed E-state index contributed by atoms with van der Waals surface area (Å²) in [6.45, 7) is 0.735. The fraction of sp³-hybridized carbons (Fsp3) is 0.571. The second-order valence-electron chi connectivity index (χ2n) is 5.09. The predicted octanol–water partition coefficient (Wildman–Crippen LogP) is 3.37. The van der Waals surface area contributed by atoms with Gasteiger partial charge in [0.25, 0.3) is 0 Å². The molecule has 0 spiro atoms. The molecule has 0 bridgehead atoms. The summed E-state index contributed by atoms with van der Waals surface area (Å²) in [7, 11) is 0. The molecule has 0 heterocycles. The fourth-order valence-corrected chi connectivity index (χ4v) is 2.97. The van der Waals surface area contributed by atoms with Crippen LogP contribution in [-0.2, 0) is 6.54 Å². The van der Waals surface area contributed by atoms with Crippen LogP contribution in [0.3, 0.4) is 0 Å². The Hall–Kier alpha value is -0.450. The van der Waals surface area contributed by atoms with Crippen LogP contribution in [-0.4, -0.2) is 17.3 Å². The monoisotopic (exact) mass is 315 g/mol. The lowest BCUT2D eigenvalue weighted by Crippen LogP contribution is -2.49. The summed E-state index contributed by atoms with van der Waals surface area (Å²) in [6, 6.07) is 4.69. The van der Waals surface area contributed by atoms with Gasteiger partial charge in [-0.15, -0.1) is 0 Å². The highest BCUT2D eigenvalue weighted by molar-refractivity contribution is 9.10. The Balaban J connectivity index is 2.03. The SMILES string of the molecule is OCC1(NCc2cc(F)ccc2Br)CCCCC1. The van der Waals surface area contributed by atoms with Crippen molar-refractivity contribution < 1.29 is 9.50 Å². The molecule has 1 saturated carbocycles. The van der Waals surface area contributed by atoms with Crippen LogP contribution in [0.5, 0.6) is 0 Å². The van der Waals surface area contributed by atoms with Crippen molar-refractivity contribution in [1.82, 2.24) is 5.32 Å². The van der Waals surface area contributed by atoms with Crippen molar-refractivity contribution in [1.29, 1.82) is 0 Å². The lowest BCUT2D eigenvalue weighted by Gasteiger charge is -2.36. The predicted molar refractivity (Wildman–Crippen MR) is 73.8 cm³/mol. The van der Waals surface area contributed by atoms with Gasteiger partial charge < -0.3 is 10.4 Å². The minimum Gasteiger partial charge on any atom is -0.394 e. The Bertz CT molecular complexity index is 405. The van der Waals surface area contributed by atoms with Crippen molar-refractivity contribution in [3.63, 3.8) is 0 Å². The average molecular weight is 316 g/mol. The van der Waals surface area contributed by atoms with Crippen molar-refractivity contribution in [3.05, 3.63) is 34.1 Å². The van der Waals surface area contributed by atoms with E-state index >= 15 is 0 Å². The summed E-state index contributed by atoms with van der Waals surface area (Å²) in [5.41, 5.74) is 0.720. The molecule has 0 aliphatic heterocycles. The van der Waals surface area contributed by atoms with Gasteiger partial charge >= 0.3 is 0 Å². The molecule has 0 atom stereocenters. The molecule has 2 rings (SSSR count). The molecule has 0 saturated heterocycles. The highest BCUT2D eigenvalue weighted by Crippen LogP contribution is 2.28. The molecule has 0 unspecified atom stereocenters. The van der Waals surface area contributed by atoms with Crippen LogP contribution in [0.1, 0.15) is 37.7 Å². The van der Waals surface area contributed by atoms with Gasteiger partial charge in [-0.05, 0) is 36.6 Å². The molecule has 1 aliphatic rings. The van der Waals surface area contributed by atoms with Crippen LogP contribution in [0.25, 0.3) is 0 Å². The first-order valence-electron chi connectivity index (χ1n) is 6.45. The number of aliphatic hydroxyl groups excluding tert-OH is 1. The van der Waals surface area contributed by atoms with E-state index in [0.717, 1.165) is 35.7 Å². The molecule has 1 fully saturated rings. The highest BCUT2D eigenvalue weighted by Gasteiger charge is 2.30. The molecule has 1 aliphatic carbocycles. The maximum Gasteiger partial charge on any atom is 0.123 e. The van der Waals surface area contributed by atoms with E-state index in [2.05, 4.69) is 21.2 Å². The van der Waals surface area contributed by atoms with E-state index in [-0.39, 0.29) is 18.0 Å². The van der Waals surface area contributed by atoms with Gasteiger partial charge in [0.15, 0.2) is 0 Å². The third kappa shape index (κ3) is 3.31. The maximum atomic E-state index is 13.2. The third-order valence-electron chi connectivity index (χ3n) is 3.77. The topological polar surface area (TPSA) is 32.3 Å². The average Bonchev–Trinajstić information content (AvgIpc) is 2.41. The van der Waals surface area contributed by atoms with Gasteiger partial charge in [-0.2, -0.15) is 0 Å². The van der Waals surface area contributed by atoms with Crippen molar-refractivity contribution in [2.75, 3.05) is 6.61 Å². The van der Waals surface area contributed by atoms with Crippen LogP contribution in [0.4, 0.5) is 4.39 Å². The Morgan fingerprint density at radius 2 is 2.00 bits per heavy atom. The zero-order valence-corrected chi connectivity index (χ0v) is 12.0. The summed E-state index contributed by atoms with van der Waals surface area (Å²) in [4.78, 5) is 0. The first kappa shape index (κ1) is 14.0. The van der Waals surface area contributed by atoms with E-state index in [1.54, 1.807) is 6.07 Å². The molecule has 100 valence electrons. The lowest BCUT2D eigenvalue weighted by atomic mass is 9.82. The zero-order chi connectivity index (χ0) is 13.0. The first-order chi connectivity index (χ1) is 8.65. The lowest BCUT2D eigenvalue weighted by molar-refractivity contribution is 0.119. The Morgan fingerprint density at radius 1 is 1.28 bits per heavy atom. The van der Waals surface area contributed by atoms with Crippen molar-refractivity contribution in [2.45, 2.75) is 44.2 Å². The van der Waals surface area contributed by atoms with E-state index in [1.807, 2.05) is 0 Å². The second kappa shape index (κ2) is 6.13. The van der Waals surface area contributed by atoms with E-state index in [9.17, 15) is 9.50 Å². The number of aliphatic hydroxyl groups is 1. The fourth-order valence-electron chi connectivity index (χ4n) is 2.58. The van der Waals surface area contributed by atoms with Gasteiger partial charge in [0.2, 0.25) is 0 Å². The number of nitrogens with one attached hydrogen (secondary N) is 1. The van der Waals surface area contributed by atoms with Gasteiger partial charge in [-0.3, -0.25) is 0 Å². The Kier molecular flexibility index (Phi) is 4.76. The van der Waals surface area contributed by atoms with Crippen LogP contribution in [0.15, 0.2) is 22.7 Å². The Labute approximate surface area is 116 Å². The van der Waals surface area contributed by atoms with Crippen LogP contribution >= 0.6 is 15.9 Å². The van der Waals surface area contributed by atoms with Crippen molar-refractivity contribution in [2.24, 2.45) is 0 Å². The zero-order valence-electron chi connectivity index (χ0n) is 10.4. The minimum absolute atomic E-state index is 0.153. The summed E-state index contributed by atoms with van der Waals surface area (Å²) < 4.78 is 14.1. The number of rotatable bonds is 4. The maximum absolute atomic E-state index is 13.2. The van der Waals surface area contributed by atoms with Gasteiger partial charge in [-0.25, -0.2) is 4.39 Å². The number of hydrogen-bond donors (Lipinski definition) is 2. The molecule has 0 aromatic heterocycles. The van der Waals surface area contributed by atoms with Crippen molar-refractivity contribution >= 4 is 15.9 Å². The van der Waals surface area contributed by atoms with Crippen LogP contribution in [0, 0.1) is 5.82 Å². The van der Waals surface area contributed by atoms with E-state index in [0.29, 0.717) is 6.54 Å². The summed E-state index contributed by atoms with van der Waals surface area (Å²) in [5.74, 6) is -0.225. The van der Waals surface area contributed by atoms with Gasteiger partial charge in [0, 0.05) is 16.6 Å². The Morgan fingerprint density at radius 3 is 2.67 bits per heavy atom. The summed E-state index contributed by atoms with van der Waals surface area (Å²) >= 11 is 3.43. The van der Waals surface area contributed by atoms with Gasteiger partial charge in [0.05, 0.1) is 6.61 Å². The molecule has 18 heavy (non-hydrogen) atoms. The highest BCUT2D eigenvalue weighted by atomic mass is 79.9.